The SMILES string of the molecule is N#CCOc1cc(OC[C@@H](O)CN2CCC3(CC2)Cc2cc(Cl)ccc2O3)c(C(=O)O)cc1Cl.O=C(O)C(F)(F)F. The number of fused-ring (bicyclic) bond motifs is 1. The van der Waals surface area contributed by atoms with Gasteiger partial charge < -0.3 is 34.4 Å². The molecule has 0 aliphatic carbocycles. The summed E-state index contributed by atoms with van der Waals surface area (Å²) in [7, 11) is 0. The zero-order chi connectivity index (χ0) is 30.4. The molecule has 0 bridgehead atoms. The minimum atomic E-state index is -5.08. The number of likely N-dealkylation sites (tertiary alicyclic amines) is 1. The van der Waals surface area contributed by atoms with Gasteiger partial charge in [-0.1, -0.05) is 23.2 Å². The van der Waals surface area contributed by atoms with Crippen LogP contribution in [0.15, 0.2) is 30.3 Å². The van der Waals surface area contributed by atoms with E-state index in [1.165, 1.54) is 12.1 Å². The average molecular weight is 621 g/mol. The van der Waals surface area contributed by atoms with Gasteiger partial charge in [0.15, 0.2) is 6.61 Å². The number of carboxylic acids is 2. The van der Waals surface area contributed by atoms with Gasteiger partial charge in [-0.15, -0.1) is 0 Å². The Morgan fingerprint density at radius 2 is 1.78 bits per heavy atom. The number of carbonyl (C=O) groups is 2. The summed E-state index contributed by atoms with van der Waals surface area (Å²) in [6.07, 6.45) is -3.44. The summed E-state index contributed by atoms with van der Waals surface area (Å²) in [4.78, 5) is 22.6. The molecule has 0 radical (unpaired) electrons. The van der Waals surface area contributed by atoms with Crippen LogP contribution in [0, 0.1) is 11.3 Å². The molecule has 0 saturated carbocycles. The number of β-amino-alcohol motifs (C(OH)–C–C–N with tert-alkyl or cyclic N) is 1. The van der Waals surface area contributed by atoms with Crippen molar-refractivity contribution in [2.45, 2.75) is 37.1 Å². The number of hydrogen-bond acceptors (Lipinski definition) is 8. The summed E-state index contributed by atoms with van der Waals surface area (Å²) in [5.41, 5.74) is 0.744. The van der Waals surface area contributed by atoms with Crippen molar-refractivity contribution in [1.29, 1.82) is 5.26 Å². The molecule has 10 nitrogen and oxygen atoms in total. The fourth-order valence-corrected chi connectivity index (χ4v) is 4.82. The Balaban J connectivity index is 0.000000587. The highest BCUT2D eigenvalue weighted by atomic mass is 35.5. The summed E-state index contributed by atoms with van der Waals surface area (Å²) in [6.45, 7) is 1.54. The van der Waals surface area contributed by atoms with E-state index in [9.17, 15) is 28.2 Å². The van der Waals surface area contributed by atoms with Crippen LogP contribution >= 0.6 is 23.2 Å². The molecule has 1 spiro atoms. The van der Waals surface area contributed by atoms with Crippen LogP contribution in [0.4, 0.5) is 13.2 Å². The van der Waals surface area contributed by atoms with E-state index in [0.29, 0.717) is 11.6 Å². The lowest BCUT2D eigenvalue weighted by atomic mass is 9.87. The molecule has 2 aromatic rings. The molecule has 2 aliphatic rings. The average Bonchev–Trinajstić information content (AvgIpc) is 3.25. The largest absolute Gasteiger partial charge is 0.490 e. The van der Waals surface area contributed by atoms with Crippen LogP contribution in [0.2, 0.25) is 10.0 Å². The number of piperidine rings is 1. The van der Waals surface area contributed by atoms with Gasteiger partial charge in [-0.25, -0.2) is 9.59 Å². The maximum atomic E-state index is 11.6. The molecule has 0 aromatic heterocycles. The van der Waals surface area contributed by atoms with Crippen molar-refractivity contribution in [3.05, 3.63) is 51.5 Å². The fourth-order valence-electron chi connectivity index (χ4n) is 4.40. The van der Waals surface area contributed by atoms with Gasteiger partial charge in [0.25, 0.3) is 0 Å². The topological polar surface area (TPSA) is 150 Å². The van der Waals surface area contributed by atoms with E-state index in [1.807, 2.05) is 24.3 Å². The van der Waals surface area contributed by atoms with Crippen molar-refractivity contribution < 1.29 is 52.3 Å². The smallest absolute Gasteiger partial charge is 0.490 e. The van der Waals surface area contributed by atoms with Crippen LogP contribution in [-0.2, 0) is 11.2 Å². The molecule has 0 amide bonds. The standard InChI is InChI=1S/C24H24Cl2N2O6.C2HF3O2/c25-16-1-2-20-15(9-16)12-24(34-20)3-6-28(7-4-24)13-17(29)14-33-21-11-22(32-8-5-27)19(26)10-18(21)23(30)31;3-2(4,5)1(6)7/h1-2,9-11,17,29H,3-4,6-8,12-14H2,(H,30,31);(H,6,7)/t17-;/m0./s1. The van der Waals surface area contributed by atoms with Gasteiger partial charge >= 0.3 is 18.1 Å². The van der Waals surface area contributed by atoms with Crippen molar-refractivity contribution in [2.24, 2.45) is 0 Å². The lowest BCUT2D eigenvalue weighted by Gasteiger charge is -2.39. The van der Waals surface area contributed by atoms with E-state index in [2.05, 4.69) is 4.90 Å². The third kappa shape index (κ3) is 8.77. The van der Waals surface area contributed by atoms with Gasteiger partial charge in [0.2, 0.25) is 0 Å². The van der Waals surface area contributed by atoms with Crippen molar-refractivity contribution >= 4 is 35.1 Å². The van der Waals surface area contributed by atoms with Crippen LogP contribution in [0.1, 0.15) is 28.8 Å². The molecule has 15 heteroatoms. The Hall–Kier alpha value is -3.44. The summed E-state index contributed by atoms with van der Waals surface area (Å²) in [6, 6.07) is 10.1. The molecular weight excluding hydrogens is 596 g/mol. The molecule has 0 unspecified atom stereocenters. The minimum Gasteiger partial charge on any atom is -0.490 e. The van der Waals surface area contributed by atoms with Crippen LogP contribution in [0.25, 0.3) is 0 Å². The van der Waals surface area contributed by atoms with Gasteiger partial charge in [-0.3, -0.25) is 0 Å². The second kappa shape index (κ2) is 13.5. The van der Waals surface area contributed by atoms with Crippen LogP contribution in [-0.4, -0.2) is 82.9 Å². The van der Waals surface area contributed by atoms with E-state index in [1.54, 1.807) is 0 Å². The number of ether oxygens (including phenoxy) is 3. The molecule has 1 saturated heterocycles. The van der Waals surface area contributed by atoms with Crippen molar-refractivity contribution in [1.82, 2.24) is 4.90 Å². The van der Waals surface area contributed by atoms with E-state index < -0.39 is 24.2 Å². The number of rotatable bonds is 8. The highest BCUT2D eigenvalue weighted by Gasteiger charge is 2.42. The van der Waals surface area contributed by atoms with Crippen LogP contribution < -0.4 is 14.2 Å². The molecule has 2 aliphatic heterocycles. The van der Waals surface area contributed by atoms with E-state index in [-0.39, 0.29) is 40.9 Å². The normalized spacial score (nSPS) is 16.4. The fraction of sp³-hybridized carbons (Fsp3) is 0.423. The predicted octanol–water partition coefficient (Wildman–Crippen LogP) is 4.44. The Kier molecular flexibility index (Phi) is 10.5. The number of nitrogens with zero attached hydrogens (tertiary/aromatic N) is 2. The maximum Gasteiger partial charge on any atom is 0.490 e. The first-order valence-corrected chi connectivity index (χ1v) is 12.9. The Morgan fingerprint density at radius 3 is 2.37 bits per heavy atom. The van der Waals surface area contributed by atoms with Crippen LogP contribution in [0.3, 0.4) is 0 Å². The lowest BCUT2D eigenvalue weighted by molar-refractivity contribution is -0.192. The quantitative estimate of drug-likeness (QED) is 0.386. The zero-order valence-electron chi connectivity index (χ0n) is 21.3. The molecule has 222 valence electrons. The molecule has 2 heterocycles. The summed E-state index contributed by atoms with van der Waals surface area (Å²) < 4.78 is 48.8. The molecule has 4 rings (SSSR count). The first-order valence-electron chi connectivity index (χ1n) is 12.1. The molecule has 1 fully saturated rings. The number of aliphatic carboxylic acids is 1. The van der Waals surface area contributed by atoms with Gasteiger partial charge in [-0.2, -0.15) is 18.4 Å². The number of hydrogen-bond donors (Lipinski definition) is 3. The number of aromatic carboxylic acids is 1. The summed E-state index contributed by atoms with van der Waals surface area (Å²) >= 11 is 12.1. The van der Waals surface area contributed by atoms with Crippen LogP contribution in [0.5, 0.6) is 17.2 Å². The molecular formula is C26H25Cl2F3N2O8. The van der Waals surface area contributed by atoms with E-state index in [4.69, 9.17) is 52.6 Å². The number of aliphatic hydroxyl groups excluding tert-OH is 1. The second-order valence-corrected chi connectivity index (χ2v) is 10.2. The summed E-state index contributed by atoms with van der Waals surface area (Å²) in [5, 5.41) is 36.5. The minimum absolute atomic E-state index is 0.0114. The Morgan fingerprint density at radius 1 is 1.12 bits per heavy atom. The zero-order valence-corrected chi connectivity index (χ0v) is 22.8. The lowest BCUT2D eigenvalue weighted by Crippen LogP contribution is -2.49. The number of halogens is 5. The van der Waals surface area contributed by atoms with Gasteiger partial charge in [-0.05, 0) is 29.8 Å². The first-order chi connectivity index (χ1) is 19.2. The van der Waals surface area contributed by atoms with Crippen molar-refractivity contribution in [3.8, 4) is 23.3 Å². The second-order valence-electron chi connectivity index (χ2n) is 9.31. The molecule has 1 atom stereocenters. The number of carboxylic acid groups (broad SMARTS) is 2. The Bertz CT molecular complexity index is 1310. The third-order valence-electron chi connectivity index (χ3n) is 6.33. The molecule has 41 heavy (non-hydrogen) atoms. The predicted molar refractivity (Wildman–Crippen MR) is 139 cm³/mol. The van der Waals surface area contributed by atoms with Gasteiger partial charge in [0, 0.05) is 50.0 Å². The number of nitriles is 1. The van der Waals surface area contributed by atoms with E-state index in [0.717, 1.165) is 43.7 Å². The Labute approximate surface area is 242 Å². The monoisotopic (exact) mass is 620 g/mol. The van der Waals surface area contributed by atoms with Crippen molar-refractivity contribution in [2.75, 3.05) is 32.8 Å². The summed E-state index contributed by atoms with van der Waals surface area (Å²) in [5.74, 6) is -2.94. The number of alkyl halides is 3. The molecule has 3 N–H and O–H groups in total. The number of aliphatic hydroxyl groups is 1. The highest BCUT2D eigenvalue weighted by Crippen LogP contribution is 2.42. The first kappa shape index (κ1) is 32.1. The van der Waals surface area contributed by atoms with Gasteiger partial charge in [0.1, 0.15) is 47.2 Å². The third-order valence-corrected chi connectivity index (χ3v) is 6.86. The van der Waals surface area contributed by atoms with Crippen molar-refractivity contribution in [3.63, 3.8) is 0 Å². The molecule has 2 aromatic carbocycles. The maximum absolute atomic E-state index is 11.6. The number of benzene rings is 2. The highest BCUT2D eigenvalue weighted by molar-refractivity contribution is 6.32. The van der Waals surface area contributed by atoms with E-state index >= 15 is 0 Å². The van der Waals surface area contributed by atoms with Gasteiger partial charge in [0.05, 0.1) is 5.02 Å².